The third-order valence-electron chi connectivity index (χ3n) is 5.76. The zero-order valence-corrected chi connectivity index (χ0v) is 20.3. The van der Waals surface area contributed by atoms with Crippen LogP contribution in [0.1, 0.15) is 28.2 Å². The molecule has 4 rings (SSSR count). The Hall–Kier alpha value is -3.36. The van der Waals surface area contributed by atoms with Gasteiger partial charge in [0.2, 0.25) is 0 Å². The summed E-state index contributed by atoms with van der Waals surface area (Å²) in [5.41, 5.74) is 3.85. The van der Waals surface area contributed by atoms with E-state index in [0.29, 0.717) is 34.6 Å². The molecule has 0 aliphatic carbocycles. The molecule has 0 saturated carbocycles. The van der Waals surface area contributed by atoms with Gasteiger partial charge >= 0.3 is 0 Å². The first-order chi connectivity index (χ1) is 16.4. The molecule has 2 aromatic carbocycles. The van der Waals surface area contributed by atoms with E-state index in [4.69, 9.17) is 4.74 Å². The first-order valence-electron chi connectivity index (χ1n) is 11.0. The number of hydrogen-bond donors (Lipinski definition) is 1. The molecule has 0 aliphatic rings. The minimum absolute atomic E-state index is 0.0281. The predicted molar refractivity (Wildman–Crippen MR) is 135 cm³/mol. The van der Waals surface area contributed by atoms with E-state index in [1.54, 1.807) is 29.9 Å². The Morgan fingerprint density at radius 2 is 1.85 bits per heavy atom. The maximum Gasteiger partial charge on any atom is 0.262 e. The van der Waals surface area contributed by atoms with Crippen molar-refractivity contribution in [2.75, 3.05) is 19.5 Å². The van der Waals surface area contributed by atoms with Crippen molar-refractivity contribution in [2.24, 2.45) is 0 Å². The third kappa shape index (κ3) is 4.64. The highest BCUT2D eigenvalue weighted by molar-refractivity contribution is 7.99. The fourth-order valence-corrected chi connectivity index (χ4v) is 4.97. The fourth-order valence-electron chi connectivity index (χ4n) is 4.07. The van der Waals surface area contributed by atoms with Crippen molar-refractivity contribution in [2.45, 2.75) is 32.0 Å². The number of carbonyl (C=O) groups excluding carboxylic acids is 1. The second-order valence-electron chi connectivity index (χ2n) is 7.98. The lowest BCUT2D eigenvalue weighted by Gasteiger charge is -2.13. The van der Waals surface area contributed by atoms with Crippen molar-refractivity contribution < 1.29 is 14.6 Å². The van der Waals surface area contributed by atoms with Crippen LogP contribution in [0.5, 0.6) is 5.75 Å². The molecule has 0 amide bonds. The highest BCUT2D eigenvalue weighted by atomic mass is 32.2. The monoisotopic (exact) mass is 477 g/mol. The van der Waals surface area contributed by atoms with Gasteiger partial charge in [-0.1, -0.05) is 23.9 Å². The van der Waals surface area contributed by atoms with Gasteiger partial charge in [0, 0.05) is 35.8 Å². The number of para-hydroxylation sites is 1. The minimum atomic E-state index is -0.160. The van der Waals surface area contributed by atoms with E-state index in [1.165, 1.54) is 11.8 Å². The van der Waals surface area contributed by atoms with Crippen LogP contribution in [0.15, 0.2) is 64.5 Å². The minimum Gasteiger partial charge on any atom is -0.497 e. The Kier molecular flexibility index (Phi) is 7.19. The number of carbonyl (C=O) groups is 1. The SMILES string of the molecule is COc1ccc(-n2c(C)cc(C(=O)CSc3nc4ccccc4c(=O)n3CCCO)c2C)cc1. The number of benzene rings is 2. The van der Waals surface area contributed by atoms with Crippen LogP contribution >= 0.6 is 11.8 Å². The standard InChI is InChI=1S/C26H27N3O4S/c1-17-15-22(18(2)29(17)19-9-11-20(33-3)12-10-19)24(31)16-34-26-27-23-8-5-4-7-21(23)25(32)28(26)13-6-14-30/h4-5,7-12,15,30H,6,13-14,16H2,1-3H3. The summed E-state index contributed by atoms with van der Waals surface area (Å²) in [4.78, 5) is 30.8. The average molecular weight is 478 g/mol. The van der Waals surface area contributed by atoms with Gasteiger partial charge in [-0.15, -0.1) is 0 Å². The molecule has 0 aliphatic heterocycles. The average Bonchev–Trinajstić information content (AvgIpc) is 3.16. The summed E-state index contributed by atoms with van der Waals surface area (Å²) in [5.74, 6) is 0.889. The smallest absolute Gasteiger partial charge is 0.262 e. The molecule has 8 heteroatoms. The molecule has 176 valence electrons. The van der Waals surface area contributed by atoms with Gasteiger partial charge in [-0.3, -0.25) is 14.2 Å². The Bertz CT molecular complexity index is 1390. The van der Waals surface area contributed by atoms with E-state index in [0.717, 1.165) is 22.8 Å². The highest BCUT2D eigenvalue weighted by Crippen LogP contribution is 2.25. The van der Waals surface area contributed by atoms with E-state index >= 15 is 0 Å². The number of aliphatic hydroxyl groups excluding tert-OH is 1. The first-order valence-corrected chi connectivity index (χ1v) is 12.0. The summed E-state index contributed by atoms with van der Waals surface area (Å²) in [6, 6.07) is 16.8. The first kappa shape index (κ1) is 23.8. The van der Waals surface area contributed by atoms with E-state index in [9.17, 15) is 14.7 Å². The summed E-state index contributed by atoms with van der Waals surface area (Å²) in [7, 11) is 1.63. The van der Waals surface area contributed by atoms with Gasteiger partial charge < -0.3 is 14.4 Å². The quantitative estimate of drug-likeness (QED) is 0.221. The number of aryl methyl sites for hydroxylation is 1. The number of rotatable bonds is 9. The Morgan fingerprint density at radius 3 is 2.56 bits per heavy atom. The van der Waals surface area contributed by atoms with Crippen molar-refractivity contribution in [3.05, 3.63) is 81.9 Å². The van der Waals surface area contributed by atoms with Crippen molar-refractivity contribution in [1.82, 2.24) is 14.1 Å². The molecule has 0 radical (unpaired) electrons. The molecule has 2 heterocycles. The van der Waals surface area contributed by atoms with Gasteiger partial charge in [-0.05, 0) is 62.7 Å². The summed E-state index contributed by atoms with van der Waals surface area (Å²) in [6.45, 7) is 4.22. The van der Waals surface area contributed by atoms with Crippen LogP contribution < -0.4 is 10.3 Å². The Labute approximate surface area is 202 Å². The van der Waals surface area contributed by atoms with Crippen LogP contribution in [-0.2, 0) is 6.54 Å². The number of ether oxygens (including phenoxy) is 1. The van der Waals surface area contributed by atoms with Gasteiger partial charge in [-0.25, -0.2) is 4.98 Å². The molecule has 0 unspecified atom stereocenters. The van der Waals surface area contributed by atoms with Gasteiger partial charge in [-0.2, -0.15) is 0 Å². The van der Waals surface area contributed by atoms with Crippen LogP contribution in [-0.4, -0.2) is 44.5 Å². The summed E-state index contributed by atoms with van der Waals surface area (Å²) in [5, 5.41) is 10.3. The van der Waals surface area contributed by atoms with Crippen molar-refractivity contribution in [3.63, 3.8) is 0 Å². The number of ketones is 1. The number of Topliss-reactive ketones (excluding diaryl/α,β-unsaturated/α-hetero) is 1. The topological polar surface area (TPSA) is 86.4 Å². The van der Waals surface area contributed by atoms with Crippen LogP contribution in [0.4, 0.5) is 0 Å². The number of nitrogens with zero attached hydrogens (tertiary/aromatic N) is 3. The molecule has 34 heavy (non-hydrogen) atoms. The molecule has 0 spiro atoms. The third-order valence-corrected chi connectivity index (χ3v) is 6.74. The Morgan fingerprint density at radius 1 is 1.12 bits per heavy atom. The van der Waals surface area contributed by atoms with Crippen LogP contribution in [0.3, 0.4) is 0 Å². The van der Waals surface area contributed by atoms with Gasteiger partial charge in [0.25, 0.3) is 5.56 Å². The molecular formula is C26H27N3O4S. The van der Waals surface area contributed by atoms with Gasteiger partial charge in [0.05, 0.1) is 23.8 Å². The molecule has 0 saturated heterocycles. The lowest BCUT2D eigenvalue weighted by atomic mass is 10.2. The molecule has 0 bridgehead atoms. The second kappa shape index (κ2) is 10.3. The predicted octanol–water partition coefficient (Wildman–Crippen LogP) is 4.17. The maximum absolute atomic E-state index is 13.2. The summed E-state index contributed by atoms with van der Waals surface area (Å²) in [6.07, 6.45) is 0.435. The van der Waals surface area contributed by atoms with Crippen LogP contribution in [0, 0.1) is 13.8 Å². The summed E-state index contributed by atoms with van der Waals surface area (Å²) < 4.78 is 8.84. The lowest BCUT2D eigenvalue weighted by Crippen LogP contribution is -2.24. The number of methoxy groups -OCH3 is 1. The zero-order chi connectivity index (χ0) is 24.2. The van der Waals surface area contributed by atoms with Gasteiger partial charge in [0.15, 0.2) is 10.9 Å². The van der Waals surface area contributed by atoms with Crippen molar-refractivity contribution in [1.29, 1.82) is 0 Å². The number of aliphatic hydroxyl groups is 1. The Balaban J connectivity index is 1.61. The molecule has 0 fully saturated rings. The molecule has 2 aromatic heterocycles. The molecule has 0 atom stereocenters. The van der Waals surface area contributed by atoms with E-state index in [-0.39, 0.29) is 23.7 Å². The molecule has 4 aromatic rings. The van der Waals surface area contributed by atoms with E-state index in [1.807, 2.05) is 54.8 Å². The number of hydrogen-bond acceptors (Lipinski definition) is 6. The summed E-state index contributed by atoms with van der Waals surface area (Å²) >= 11 is 1.25. The zero-order valence-electron chi connectivity index (χ0n) is 19.4. The van der Waals surface area contributed by atoms with Crippen LogP contribution in [0.25, 0.3) is 16.6 Å². The lowest BCUT2D eigenvalue weighted by molar-refractivity contribution is 0.102. The molecule has 1 N–H and O–H groups in total. The molecular weight excluding hydrogens is 450 g/mol. The van der Waals surface area contributed by atoms with Crippen LogP contribution in [0.2, 0.25) is 0 Å². The van der Waals surface area contributed by atoms with Crippen molar-refractivity contribution >= 4 is 28.4 Å². The highest BCUT2D eigenvalue weighted by Gasteiger charge is 2.19. The normalized spacial score (nSPS) is 11.2. The van der Waals surface area contributed by atoms with Gasteiger partial charge in [0.1, 0.15) is 5.75 Å². The number of aromatic nitrogens is 3. The van der Waals surface area contributed by atoms with Crippen molar-refractivity contribution in [3.8, 4) is 11.4 Å². The number of fused-ring (bicyclic) bond motifs is 1. The van der Waals surface area contributed by atoms with E-state index in [2.05, 4.69) is 4.98 Å². The fraction of sp³-hybridized carbons (Fsp3) is 0.269. The number of thioether (sulfide) groups is 1. The maximum atomic E-state index is 13.2. The molecule has 7 nitrogen and oxygen atoms in total. The second-order valence-corrected chi connectivity index (χ2v) is 8.92. The largest absolute Gasteiger partial charge is 0.497 e. The van der Waals surface area contributed by atoms with E-state index < -0.39 is 0 Å².